The van der Waals surface area contributed by atoms with Crippen molar-refractivity contribution in [2.24, 2.45) is 11.8 Å². The highest BCUT2D eigenvalue weighted by molar-refractivity contribution is 7.18. The molecule has 2 aromatic rings. The van der Waals surface area contributed by atoms with Crippen LogP contribution in [0.25, 0.3) is 10.2 Å². The van der Waals surface area contributed by atoms with Crippen LogP contribution in [0.1, 0.15) is 23.8 Å². The summed E-state index contributed by atoms with van der Waals surface area (Å²) in [6.07, 6.45) is 5.49. The number of thiazole rings is 1. The summed E-state index contributed by atoms with van der Waals surface area (Å²) in [5.41, 5.74) is 1.01. The Morgan fingerprint density at radius 3 is 2.74 bits per heavy atom. The van der Waals surface area contributed by atoms with Gasteiger partial charge in [-0.05, 0) is 25.0 Å². The Kier molecular flexibility index (Phi) is 8.06. The number of hydrogen-bond donors (Lipinski definition) is 3. The Labute approximate surface area is 175 Å². The number of carbonyl (C=O) groups is 1. The molecule has 3 N–H and O–H groups in total. The van der Waals surface area contributed by atoms with Gasteiger partial charge in [-0.2, -0.15) is 0 Å². The zero-order valence-corrected chi connectivity index (χ0v) is 17.3. The number of halogens is 2. The Hall–Kier alpha value is -1.18. The second-order valence-electron chi connectivity index (χ2n) is 6.91. The quantitative estimate of drug-likeness (QED) is 0.653. The van der Waals surface area contributed by atoms with Gasteiger partial charge in [0.25, 0.3) is 0 Å². The summed E-state index contributed by atoms with van der Waals surface area (Å²) < 4.78 is 1.17. The maximum atomic E-state index is 12.8. The van der Waals surface area contributed by atoms with Crippen molar-refractivity contribution in [3.63, 3.8) is 0 Å². The summed E-state index contributed by atoms with van der Waals surface area (Å²) in [6.45, 7) is 1.90. The number of para-hydroxylation sites is 1. The lowest BCUT2D eigenvalue weighted by Gasteiger charge is -2.26. The van der Waals surface area contributed by atoms with Gasteiger partial charge in [0, 0.05) is 31.5 Å². The van der Waals surface area contributed by atoms with Gasteiger partial charge in [-0.3, -0.25) is 4.79 Å². The van der Waals surface area contributed by atoms with E-state index in [1.165, 1.54) is 4.70 Å². The summed E-state index contributed by atoms with van der Waals surface area (Å²) in [4.78, 5) is 17.6. The van der Waals surface area contributed by atoms with E-state index in [1.807, 2.05) is 18.2 Å². The summed E-state index contributed by atoms with van der Waals surface area (Å²) in [5.74, 6) is 0.225. The topological polar surface area (TPSA) is 74.2 Å². The Balaban J connectivity index is 0.00000131. The number of fused-ring (bicyclic) bond motifs is 1. The molecule has 5 nitrogen and oxygen atoms in total. The van der Waals surface area contributed by atoms with Gasteiger partial charge in [-0.15, -0.1) is 36.2 Å². The highest BCUT2D eigenvalue weighted by Gasteiger charge is 2.33. The van der Waals surface area contributed by atoms with Gasteiger partial charge in [0.15, 0.2) is 0 Å². The largest absolute Gasteiger partial charge is 0.391 e. The number of rotatable bonds is 4. The molecule has 0 saturated carbocycles. The molecule has 2 aliphatic rings. The van der Waals surface area contributed by atoms with Gasteiger partial charge >= 0.3 is 0 Å². The van der Waals surface area contributed by atoms with Crippen LogP contribution in [0.4, 0.5) is 0 Å². The van der Waals surface area contributed by atoms with Crippen molar-refractivity contribution >= 4 is 52.3 Å². The Morgan fingerprint density at radius 2 is 2.00 bits per heavy atom. The maximum absolute atomic E-state index is 12.8. The third-order valence-corrected chi connectivity index (χ3v) is 6.41. The lowest BCUT2D eigenvalue weighted by Crippen LogP contribution is -2.40. The van der Waals surface area contributed by atoms with E-state index in [0.717, 1.165) is 29.9 Å². The average molecular weight is 430 g/mol. The summed E-state index contributed by atoms with van der Waals surface area (Å²) in [5, 5.41) is 17.2. The molecule has 1 amide bonds. The first-order valence-electron chi connectivity index (χ1n) is 8.89. The lowest BCUT2D eigenvalue weighted by molar-refractivity contribution is -0.126. The molecule has 2 heterocycles. The minimum atomic E-state index is -0.369. The number of hydrogen-bond acceptors (Lipinski definition) is 5. The van der Waals surface area contributed by atoms with Crippen LogP contribution in [0, 0.1) is 11.8 Å². The predicted octanol–water partition coefficient (Wildman–Crippen LogP) is 2.89. The first kappa shape index (κ1) is 22.1. The van der Waals surface area contributed by atoms with Crippen molar-refractivity contribution < 1.29 is 9.90 Å². The van der Waals surface area contributed by atoms with Crippen LogP contribution in [0.15, 0.2) is 36.4 Å². The third kappa shape index (κ3) is 4.81. The summed E-state index contributed by atoms with van der Waals surface area (Å²) in [6, 6.07) is 8.13. The van der Waals surface area contributed by atoms with Crippen molar-refractivity contribution in [2.75, 3.05) is 19.6 Å². The first-order valence-corrected chi connectivity index (χ1v) is 9.71. The molecule has 1 aliphatic carbocycles. The number of aliphatic hydroxyl groups is 1. The molecular formula is C19H25Cl2N3O2S. The number of aromatic nitrogens is 1. The number of allylic oxidation sites excluding steroid dienone is 2. The fourth-order valence-corrected chi connectivity index (χ4v) is 4.86. The molecule has 4 atom stereocenters. The molecule has 27 heavy (non-hydrogen) atoms. The van der Waals surface area contributed by atoms with Crippen molar-refractivity contribution in [3.8, 4) is 0 Å². The van der Waals surface area contributed by atoms with Crippen LogP contribution in [0.3, 0.4) is 0 Å². The zero-order valence-electron chi connectivity index (χ0n) is 14.8. The van der Waals surface area contributed by atoms with Crippen LogP contribution >= 0.6 is 36.2 Å². The normalized spacial score (nSPS) is 27.0. The highest BCUT2D eigenvalue weighted by atomic mass is 35.5. The van der Waals surface area contributed by atoms with E-state index >= 15 is 0 Å². The number of aliphatic hydroxyl groups excluding tert-OH is 1. The van der Waals surface area contributed by atoms with Crippen molar-refractivity contribution in [3.05, 3.63) is 41.4 Å². The molecule has 1 aliphatic heterocycles. The Morgan fingerprint density at radius 1 is 1.22 bits per heavy atom. The summed E-state index contributed by atoms with van der Waals surface area (Å²) in [7, 11) is 0. The molecule has 0 bridgehead atoms. The number of nitrogens with one attached hydrogen (secondary N) is 2. The third-order valence-electron chi connectivity index (χ3n) is 5.24. The number of amides is 1. The zero-order chi connectivity index (χ0) is 17.2. The van der Waals surface area contributed by atoms with Crippen LogP contribution in [0.5, 0.6) is 0 Å². The molecule has 148 valence electrons. The van der Waals surface area contributed by atoms with Gasteiger partial charge in [-0.25, -0.2) is 4.98 Å². The lowest BCUT2D eigenvalue weighted by atomic mass is 9.82. The number of benzene rings is 1. The van der Waals surface area contributed by atoms with E-state index in [2.05, 4.69) is 28.9 Å². The highest BCUT2D eigenvalue weighted by Crippen LogP contribution is 2.38. The SMILES string of the molecule is Cl.Cl.O=C(NCC1CNCC1O)C1CC=CCC1c1nc2ccccc2s1. The fraction of sp³-hybridized carbons (Fsp3) is 0.474. The average Bonchev–Trinajstić information content (AvgIpc) is 3.25. The molecule has 1 aromatic carbocycles. The van der Waals surface area contributed by atoms with Crippen LogP contribution < -0.4 is 10.6 Å². The molecule has 0 radical (unpaired) electrons. The van der Waals surface area contributed by atoms with Crippen molar-refractivity contribution in [2.45, 2.75) is 24.9 Å². The van der Waals surface area contributed by atoms with E-state index in [0.29, 0.717) is 13.1 Å². The predicted molar refractivity (Wildman–Crippen MR) is 114 cm³/mol. The number of carbonyl (C=O) groups excluding carboxylic acids is 1. The van der Waals surface area contributed by atoms with Crippen molar-refractivity contribution in [1.82, 2.24) is 15.6 Å². The van der Waals surface area contributed by atoms with Gasteiger partial charge < -0.3 is 15.7 Å². The molecular weight excluding hydrogens is 405 g/mol. The first-order chi connectivity index (χ1) is 12.2. The number of nitrogens with zero attached hydrogens (tertiary/aromatic N) is 1. The minimum absolute atomic E-state index is 0. The van der Waals surface area contributed by atoms with E-state index in [-0.39, 0.29) is 54.6 Å². The molecule has 0 spiro atoms. The Bertz CT molecular complexity index is 765. The van der Waals surface area contributed by atoms with Crippen LogP contribution in [0.2, 0.25) is 0 Å². The second kappa shape index (κ2) is 9.85. The second-order valence-corrected chi connectivity index (χ2v) is 7.97. The molecule has 1 aromatic heterocycles. The molecule has 1 fully saturated rings. The van der Waals surface area contributed by atoms with E-state index in [4.69, 9.17) is 4.98 Å². The van der Waals surface area contributed by atoms with Gasteiger partial charge in [0.2, 0.25) is 5.91 Å². The monoisotopic (exact) mass is 429 g/mol. The van der Waals surface area contributed by atoms with E-state index < -0.39 is 0 Å². The smallest absolute Gasteiger partial charge is 0.224 e. The fourth-order valence-electron chi connectivity index (χ4n) is 3.72. The van der Waals surface area contributed by atoms with Crippen molar-refractivity contribution in [1.29, 1.82) is 0 Å². The summed E-state index contributed by atoms with van der Waals surface area (Å²) >= 11 is 1.69. The molecule has 8 heteroatoms. The van der Waals surface area contributed by atoms with Crippen LogP contribution in [-0.2, 0) is 4.79 Å². The maximum Gasteiger partial charge on any atom is 0.224 e. The minimum Gasteiger partial charge on any atom is -0.391 e. The van der Waals surface area contributed by atoms with Gasteiger partial charge in [0.1, 0.15) is 0 Å². The molecule has 4 rings (SSSR count). The van der Waals surface area contributed by atoms with E-state index in [1.54, 1.807) is 11.3 Å². The molecule has 1 saturated heterocycles. The molecule has 4 unspecified atom stereocenters. The standard InChI is InChI=1S/C19H23N3O2S.2ClH/c23-16-11-20-9-12(16)10-21-18(24)13-5-1-2-6-14(13)19-22-15-7-3-4-8-17(15)25-19;;/h1-4,7-8,12-14,16,20,23H,5-6,9-11H2,(H,21,24);2*1H. The number of β-amino-alcohol motifs (C(OH)–C–C–N with tert-alkyl or cyclic N) is 1. The van der Waals surface area contributed by atoms with Gasteiger partial charge in [0.05, 0.1) is 27.2 Å². The van der Waals surface area contributed by atoms with Crippen LogP contribution in [-0.4, -0.2) is 41.7 Å². The van der Waals surface area contributed by atoms with Gasteiger partial charge in [-0.1, -0.05) is 24.3 Å². The van der Waals surface area contributed by atoms with E-state index in [9.17, 15) is 9.90 Å².